The van der Waals surface area contributed by atoms with E-state index < -0.39 is 0 Å². The summed E-state index contributed by atoms with van der Waals surface area (Å²) in [5, 5.41) is 0. The Balaban J connectivity index is 1.74. The van der Waals surface area contributed by atoms with E-state index in [9.17, 15) is 4.79 Å². The van der Waals surface area contributed by atoms with E-state index in [1.54, 1.807) is 0 Å². The summed E-state index contributed by atoms with van der Waals surface area (Å²) < 4.78 is 11.2. The first-order valence-electron chi connectivity index (χ1n) is 7.44. The standard InChI is InChI=1S/C17H20O3/c18-15(11-13-5-2-1-3-6-13)14-7-8-16-17(12-14)20-10-4-9-19-16/h5,7-8,12H,1-4,6,9-11H2. The predicted molar refractivity (Wildman–Crippen MR) is 77.5 cm³/mol. The molecular weight excluding hydrogens is 252 g/mol. The van der Waals surface area contributed by atoms with Gasteiger partial charge in [0.05, 0.1) is 13.2 Å². The molecule has 1 aromatic carbocycles. The van der Waals surface area contributed by atoms with Crippen molar-refractivity contribution in [2.45, 2.75) is 38.5 Å². The van der Waals surface area contributed by atoms with E-state index in [1.165, 1.54) is 18.4 Å². The van der Waals surface area contributed by atoms with E-state index in [0.717, 1.165) is 30.6 Å². The second-order valence-electron chi connectivity index (χ2n) is 5.42. The Bertz CT molecular complexity index is 531. The molecule has 1 aromatic rings. The minimum Gasteiger partial charge on any atom is -0.490 e. The van der Waals surface area contributed by atoms with Crippen LogP contribution >= 0.6 is 0 Å². The molecular formula is C17H20O3. The minimum atomic E-state index is 0.175. The highest BCUT2D eigenvalue weighted by atomic mass is 16.5. The third kappa shape index (κ3) is 3.03. The van der Waals surface area contributed by atoms with Crippen molar-refractivity contribution in [1.82, 2.24) is 0 Å². The number of hydrogen-bond donors (Lipinski definition) is 0. The monoisotopic (exact) mass is 272 g/mol. The highest BCUT2D eigenvalue weighted by Crippen LogP contribution is 2.31. The Hall–Kier alpha value is -1.77. The van der Waals surface area contributed by atoms with Gasteiger partial charge in [0, 0.05) is 18.4 Å². The molecule has 2 aliphatic rings. The average molecular weight is 272 g/mol. The largest absolute Gasteiger partial charge is 0.490 e. The number of Topliss-reactive ketones (excluding diaryl/α,β-unsaturated/α-hetero) is 1. The van der Waals surface area contributed by atoms with Crippen LogP contribution in [-0.4, -0.2) is 19.0 Å². The van der Waals surface area contributed by atoms with Gasteiger partial charge >= 0.3 is 0 Å². The fraction of sp³-hybridized carbons (Fsp3) is 0.471. The molecule has 3 heteroatoms. The average Bonchev–Trinajstić information content (AvgIpc) is 2.72. The first kappa shape index (κ1) is 13.2. The molecule has 106 valence electrons. The molecule has 20 heavy (non-hydrogen) atoms. The molecule has 1 aliphatic carbocycles. The third-order valence-corrected chi connectivity index (χ3v) is 3.84. The van der Waals surface area contributed by atoms with Crippen LogP contribution in [0.4, 0.5) is 0 Å². The van der Waals surface area contributed by atoms with Crippen molar-refractivity contribution in [2.24, 2.45) is 0 Å². The normalized spacial score (nSPS) is 18.1. The maximum Gasteiger partial charge on any atom is 0.167 e. The number of ether oxygens (including phenoxy) is 2. The highest BCUT2D eigenvalue weighted by molar-refractivity contribution is 5.98. The second-order valence-corrected chi connectivity index (χ2v) is 5.42. The fourth-order valence-corrected chi connectivity index (χ4v) is 2.71. The SMILES string of the molecule is O=C(CC1=CCCCC1)c1ccc2c(c1)OCCCO2. The summed E-state index contributed by atoms with van der Waals surface area (Å²) >= 11 is 0. The minimum absolute atomic E-state index is 0.175. The predicted octanol–water partition coefficient (Wildman–Crippen LogP) is 3.92. The van der Waals surface area contributed by atoms with E-state index in [4.69, 9.17) is 9.47 Å². The van der Waals surface area contributed by atoms with Crippen LogP contribution < -0.4 is 9.47 Å². The molecule has 0 saturated carbocycles. The van der Waals surface area contributed by atoms with Crippen LogP contribution in [0.15, 0.2) is 29.8 Å². The van der Waals surface area contributed by atoms with Crippen molar-refractivity contribution in [2.75, 3.05) is 13.2 Å². The van der Waals surface area contributed by atoms with Crippen LogP contribution in [0, 0.1) is 0 Å². The summed E-state index contributed by atoms with van der Waals surface area (Å²) in [6.45, 7) is 1.32. The van der Waals surface area contributed by atoms with Crippen LogP contribution in [0.2, 0.25) is 0 Å². The van der Waals surface area contributed by atoms with Crippen LogP contribution in [0.3, 0.4) is 0 Å². The number of benzene rings is 1. The number of ketones is 1. The van der Waals surface area contributed by atoms with Crippen LogP contribution in [-0.2, 0) is 0 Å². The lowest BCUT2D eigenvalue weighted by Gasteiger charge is -2.13. The molecule has 0 N–H and O–H groups in total. The van der Waals surface area contributed by atoms with E-state index in [0.29, 0.717) is 25.4 Å². The smallest absolute Gasteiger partial charge is 0.167 e. The van der Waals surface area contributed by atoms with E-state index in [-0.39, 0.29) is 5.78 Å². The van der Waals surface area contributed by atoms with Crippen LogP contribution in [0.25, 0.3) is 0 Å². The van der Waals surface area contributed by atoms with Crippen molar-refractivity contribution < 1.29 is 14.3 Å². The molecule has 0 radical (unpaired) electrons. The van der Waals surface area contributed by atoms with Crippen molar-refractivity contribution in [3.63, 3.8) is 0 Å². The van der Waals surface area contributed by atoms with Crippen molar-refractivity contribution in [3.05, 3.63) is 35.4 Å². The van der Waals surface area contributed by atoms with Gasteiger partial charge in [-0.15, -0.1) is 0 Å². The molecule has 0 fully saturated rings. The fourth-order valence-electron chi connectivity index (χ4n) is 2.71. The topological polar surface area (TPSA) is 35.5 Å². The molecule has 3 nitrogen and oxygen atoms in total. The van der Waals surface area contributed by atoms with Gasteiger partial charge in [0.15, 0.2) is 17.3 Å². The zero-order valence-corrected chi connectivity index (χ0v) is 11.7. The molecule has 1 heterocycles. The van der Waals surface area contributed by atoms with Gasteiger partial charge in [0.2, 0.25) is 0 Å². The number of fused-ring (bicyclic) bond motifs is 1. The van der Waals surface area contributed by atoms with Gasteiger partial charge < -0.3 is 9.47 Å². The first-order chi connectivity index (χ1) is 9.83. The van der Waals surface area contributed by atoms with Gasteiger partial charge in [0.25, 0.3) is 0 Å². The Labute approximate surface area is 119 Å². The highest BCUT2D eigenvalue weighted by Gasteiger charge is 2.15. The Morgan fingerprint density at radius 3 is 2.70 bits per heavy atom. The Morgan fingerprint density at radius 1 is 1.05 bits per heavy atom. The Morgan fingerprint density at radius 2 is 1.90 bits per heavy atom. The van der Waals surface area contributed by atoms with Gasteiger partial charge in [0.1, 0.15) is 0 Å². The summed E-state index contributed by atoms with van der Waals surface area (Å²) in [7, 11) is 0. The maximum atomic E-state index is 12.3. The lowest BCUT2D eigenvalue weighted by atomic mass is 9.93. The molecule has 1 aliphatic heterocycles. The van der Waals surface area contributed by atoms with Gasteiger partial charge in [-0.05, 0) is 43.9 Å². The van der Waals surface area contributed by atoms with Crippen molar-refractivity contribution in [1.29, 1.82) is 0 Å². The van der Waals surface area contributed by atoms with Gasteiger partial charge in [-0.3, -0.25) is 4.79 Å². The molecule has 0 amide bonds. The van der Waals surface area contributed by atoms with E-state index in [1.807, 2.05) is 18.2 Å². The van der Waals surface area contributed by atoms with Crippen molar-refractivity contribution in [3.8, 4) is 11.5 Å². The summed E-state index contributed by atoms with van der Waals surface area (Å²) in [6, 6.07) is 5.52. The third-order valence-electron chi connectivity index (χ3n) is 3.84. The molecule has 0 aromatic heterocycles. The van der Waals surface area contributed by atoms with Crippen molar-refractivity contribution >= 4 is 5.78 Å². The van der Waals surface area contributed by atoms with Gasteiger partial charge in [-0.25, -0.2) is 0 Å². The quantitative estimate of drug-likeness (QED) is 0.618. The Kier molecular flexibility index (Phi) is 4.05. The lowest BCUT2D eigenvalue weighted by Crippen LogP contribution is -2.04. The van der Waals surface area contributed by atoms with E-state index >= 15 is 0 Å². The summed E-state index contributed by atoms with van der Waals surface area (Å²) in [5.41, 5.74) is 2.01. The second kappa shape index (κ2) is 6.12. The summed E-state index contributed by atoms with van der Waals surface area (Å²) in [6.07, 6.45) is 8.29. The maximum absolute atomic E-state index is 12.3. The number of rotatable bonds is 3. The molecule has 0 bridgehead atoms. The zero-order valence-electron chi connectivity index (χ0n) is 11.7. The number of hydrogen-bond acceptors (Lipinski definition) is 3. The number of carbonyl (C=O) groups is 1. The first-order valence-corrected chi connectivity index (χ1v) is 7.44. The molecule has 3 rings (SSSR count). The molecule has 0 unspecified atom stereocenters. The molecule has 0 atom stereocenters. The number of allylic oxidation sites excluding steroid dienone is 2. The summed E-state index contributed by atoms with van der Waals surface area (Å²) in [5.74, 6) is 1.62. The summed E-state index contributed by atoms with van der Waals surface area (Å²) in [4.78, 5) is 12.3. The van der Waals surface area contributed by atoms with Gasteiger partial charge in [-0.2, -0.15) is 0 Å². The van der Waals surface area contributed by atoms with Crippen LogP contribution in [0.1, 0.15) is 48.9 Å². The zero-order chi connectivity index (χ0) is 13.8. The van der Waals surface area contributed by atoms with Crippen LogP contribution in [0.5, 0.6) is 11.5 Å². The lowest BCUT2D eigenvalue weighted by molar-refractivity contribution is 0.0991. The van der Waals surface area contributed by atoms with Gasteiger partial charge in [-0.1, -0.05) is 11.6 Å². The van der Waals surface area contributed by atoms with E-state index in [2.05, 4.69) is 6.08 Å². The molecule has 0 saturated heterocycles. The number of carbonyl (C=O) groups excluding carboxylic acids is 1. The molecule has 0 spiro atoms.